The molecule has 2 rings (SSSR count). The number of nitrogens with two attached hydrogens (primary N) is 1. The summed E-state index contributed by atoms with van der Waals surface area (Å²) in [5.74, 6) is 0. The van der Waals surface area contributed by atoms with Crippen LogP contribution in [0.5, 0.6) is 0 Å². The van der Waals surface area contributed by atoms with Gasteiger partial charge in [0, 0.05) is 35.7 Å². The number of aromatic nitrogens is 1. The van der Waals surface area contributed by atoms with Gasteiger partial charge in [0.15, 0.2) is 0 Å². The summed E-state index contributed by atoms with van der Waals surface area (Å²) in [6, 6.07) is 0. The zero-order valence-corrected chi connectivity index (χ0v) is 13.2. The van der Waals surface area contributed by atoms with E-state index in [0.717, 1.165) is 17.6 Å². The number of rotatable bonds is 3. The average Bonchev–Trinajstić information content (AvgIpc) is 2.50. The lowest BCUT2D eigenvalue weighted by atomic mass is 9.78. The van der Waals surface area contributed by atoms with Crippen LogP contribution in [0, 0.1) is 0 Å². The van der Waals surface area contributed by atoms with E-state index in [-0.39, 0.29) is 11.2 Å². The van der Waals surface area contributed by atoms with Gasteiger partial charge in [-0.1, -0.05) is 0 Å². The van der Waals surface area contributed by atoms with E-state index in [1.807, 2.05) is 41.8 Å². The number of pyridine rings is 1. The molecule has 2 N–H and O–H groups in total. The summed E-state index contributed by atoms with van der Waals surface area (Å²) in [6.45, 7) is 8.85. The van der Waals surface area contributed by atoms with Gasteiger partial charge >= 0.3 is 7.12 Å². The van der Waals surface area contributed by atoms with E-state index in [9.17, 15) is 0 Å². The Morgan fingerprint density at radius 3 is 2.20 bits per heavy atom. The van der Waals surface area contributed by atoms with Crippen molar-refractivity contribution in [3.05, 3.63) is 18.0 Å². The Labute approximate surface area is 121 Å². The van der Waals surface area contributed by atoms with E-state index >= 15 is 0 Å². The van der Waals surface area contributed by atoms with Gasteiger partial charge in [-0.25, -0.2) is 0 Å². The first-order valence-electron chi connectivity index (χ1n) is 6.86. The second kappa shape index (κ2) is 5.02. The maximum atomic E-state index is 6.26. The molecule has 0 atom stereocenters. The van der Waals surface area contributed by atoms with Crippen LogP contribution in [-0.2, 0) is 15.9 Å². The standard InChI is InChI=1S/C14H24BN3O2/c1-13(2)14(3,4)20-15(19-13)11-8-17-7-10(12(11)16)9-18(5)6/h7-8H,9H2,1-6H3,(H2,16,17). The highest BCUT2D eigenvalue weighted by molar-refractivity contribution is 6.63. The lowest BCUT2D eigenvalue weighted by molar-refractivity contribution is 0.00578. The Bertz CT molecular complexity index is 487. The van der Waals surface area contributed by atoms with E-state index in [1.165, 1.54) is 0 Å². The summed E-state index contributed by atoms with van der Waals surface area (Å²) in [5.41, 5.74) is 8.01. The summed E-state index contributed by atoms with van der Waals surface area (Å²) in [7, 11) is 3.54. The lowest BCUT2D eigenvalue weighted by Gasteiger charge is -2.32. The predicted molar refractivity (Wildman–Crippen MR) is 81.8 cm³/mol. The fourth-order valence-corrected chi connectivity index (χ4v) is 2.16. The first-order chi connectivity index (χ1) is 9.14. The molecule has 1 saturated heterocycles. The van der Waals surface area contributed by atoms with Crippen molar-refractivity contribution >= 4 is 18.3 Å². The fourth-order valence-electron chi connectivity index (χ4n) is 2.16. The third-order valence-electron chi connectivity index (χ3n) is 4.09. The Morgan fingerprint density at radius 2 is 1.70 bits per heavy atom. The van der Waals surface area contributed by atoms with Gasteiger partial charge in [0.25, 0.3) is 0 Å². The molecule has 2 heterocycles. The van der Waals surface area contributed by atoms with Crippen molar-refractivity contribution in [1.29, 1.82) is 0 Å². The molecule has 1 aromatic rings. The van der Waals surface area contributed by atoms with E-state index in [1.54, 1.807) is 12.4 Å². The minimum absolute atomic E-state index is 0.373. The highest BCUT2D eigenvalue weighted by atomic mass is 16.7. The molecule has 1 aromatic heterocycles. The van der Waals surface area contributed by atoms with Crippen LogP contribution in [0.25, 0.3) is 0 Å². The summed E-state index contributed by atoms with van der Waals surface area (Å²) in [4.78, 5) is 6.33. The van der Waals surface area contributed by atoms with Crippen LogP contribution in [-0.4, -0.2) is 42.3 Å². The largest absolute Gasteiger partial charge is 0.498 e. The van der Waals surface area contributed by atoms with Crippen LogP contribution in [0.15, 0.2) is 12.4 Å². The van der Waals surface area contributed by atoms with Crippen molar-refractivity contribution in [2.75, 3.05) is 19.8 Å². The van der Waals surface area contributed by atoms with Crippen LogP contribution in [0.3, 0.4) is 0 Å². The fraction of sp³-hybridized carbons (Fsp3) is 0.643. The Kier molecular flexibility index (Phi) is 3.84. The molecule has 1 fully saturated rings. The smallest absolute Gasteiger partial charge is 0.399 e. The number of hydrogen-bond donors (Lipinski definition) is 1. The normalized spacial score (nSPS) is 20.6. The van der Waals surface area contributed by atoms with Gasteiger partial charge in [-0.3, -0.25) is 4.98 Å². The van der Waals surface area contributed by atoms with Gasteiger partial charge in [-0.15, -0.1) is 0 Å². The first kappa shape index (κ1) is 15.3. The SMILES string of the molecule is CN(C)Cc1cncc(B2OC(C)(C)C(C)(C)O2)c1N. The lowest BCUT2D eigenvalue weighted by Crippen LogP contribution is -2.41. The maximum absolute atomic E-state index is 6.26. The molecule has 1 aliphatic rings. The third kappa shape index (κ3) is 2.68. The summed E-state index contributed by atoms with van der Waals surface area (Å²) in [6.07, 6.45) is 3.53. The molecule has 0 unspecified atom stereocenters. The molecule has 5 nitrogen and oxygen atoms in total. The topological polar surface area (TPSA) is 60.6 Å². The molecule has 0 aliphatic carbocycles. The van der Waals surface area contributed by atoms with E-state index in [2.05, 4.69) is 9.88 Å². The quantitative estimate of drug-likeness (QED) is 0.836. The van der Waals surface area contributed by atoms with E-state index in [4.69, 9.17) is 15.0 Å². The van der Waals surface area contributed by atoms with Gasteiger partial charge in [0.05, 0.1) is 11.2 Å². The Morgan fingerprint density at radius 1 is 1.15 bits per heavy atom. The van der Waals surface area contributed by atoms with Gasteiger partial charge in [0.2, 0.25) is 0 Å². The zero-order valence-electron chi connectivity index (χ0n) is 13.2. The monoisotopic (exact) mass is 277 g/mol. The van der Waals surface area contributed by atoms with E-state index in [0.29, 0.717) is 5.69 Å². The number of nitrogen functional groups attached to an aromatic ring is 1. The van der Waals surface area contributed by atoms with Gasteiger partial charge in [-0.2, -0.15) is 0 Å². The van der Waals surface area contributed by atoms with Gasteiger partial charge in [-0.05, 0) is 41.8 Å². The Hall–Kier alpha value is -1.11. The highest BCUT2D eigenvalue weighted by Crippen LogP contribution is 2.36. The molecule has 6 heteroatoms. The van der Waals surface area contributed by atoms with Gasteiger partial charge in [0.1, 0.15) is 0 Å². The van der Waals surface area contributed by atoms with Crippen LogP contribution in [0.2, 0.25) is 0 Å². The summed E-state index contributed by atoms with van der Waals surface area (Å²) in [5, 5.41) is 0. The molecule has 110 valence electrons. The molecular formula is C14H24BN3O2. The number of nitrogens with zero attached hydrogens (tertiary/aromatic N) is 2. The van der Waals surface area contributed by atoms with Crippen LogP contribution < -0.4 is 11.2 Å². The molecule has 20 heavy (non-hydrogen) atoms. The van der Waals surface area contributed by atoms with Crippen LogP contribution >= 0.6 is 0 Å². The first-order valence-corrected chi connectivity index (χ1v) is 6.86. The van der Waals surface area contributed by atoms with Crippen molar-refractivity contribution in [2.45, 2.75) is 45.4 Å². The number of anilines is 1. The van der Waals surface area contributed by atoms with E-state index < -0.39 is 7.12 Å². The molecule has 0 radical (unpaired) electrons. The Balaban J connectivity index is 2.31. The summed E-state index contributed by atoms with van der Waals surface area (Å²) >= 11 is 0. The minimum Gasteiger partial charge on any atom is -0.399 e. The molecule has 0 amide bonds. The third-order valence-corrected chi connectivity index (χ3v) is 4.09. The molecular weight excluding hydrogens is 253 g/mol. The second-order valence-electron chi connectivity index (χ2n) is 6.63. The van der Waals surface area contributed by atoms with Crippen molar-refractivity contribution in [2.24, 2.45) is 0 Å². The molecule has 0 saturated carbocycles. The predicted octanol–water partition coefficient (Wildman–Crippen LogP) is 1.02. The van der Waals surface area contributed by atoms with Crippen molar-refractivity contribution in [3.8, 4) is 0 Å². The van der Waals surface area contributed by atoms with Gasteiger partial charge < -0.3 is 19.9 Å². The van der Waals surface area contributed by atoms with Crippen LogP contribution in [0.1, 0.15) is 33.3 Å². The molecule has 0 bridgehead atoms. The minimum atomic E-state index is -0.463. The van der Waals surface area contributed by atoms with Crippen molar-refractivity contribution in [1.82, 2.24) is 9.88 Å². The maximum Gasteiger partial charge on any atom is 0.498 e. The van der Waals surface area contributed by atoms with Crippen LogP contribution in [0.4, 0.5) is 5.69 Å². The van der Waals surface area contributed by atoms with Crippen molar-refractivity contribution in [3.63, 3.8) is 0 Å². The highest BCUT2D eigenvalue weighted by Gasteiger charge is 2.52. The molecule has 0 aromatic carbocycles. The average molecular weight is 277 g/mol. The molecule has 0 spiro atoms. The van der Waals surface area contributed by atoms with Crippen molar-refractivity contribution < 1.29 is 9.31 Å². The number of hydrogen-bond acceptors (Lipinski definition) is 5. The summed E-state index contributed by atoms with van der Waals surface area (Å²) < 4.78 is 12.1. The molecule has 1 aliphatic heterocycles. The zero-order chi connectivity index (χ0) is 15.1. The second-order valence-corrected chi connectivity index (χ2v) is 6.63.